The third-order valence-corrected chi connectivity index (χ3v) is 3.14. The van der Waals surface area contributed by atoms with Crippen molar-refractivity contribution in [1.29, 1.82) is 0 Å². The van der Waals surface area contributed by atoms with Crippen molar-refractivity contribution >= 4 is 11.8 Å². The van der Waals surface area contributed by atoms with Crippen LogP contribution < -0.4 is 0 Å². The normalized spacial score (nSPS) is 10.2. The summed E-state index contributed by atoms with van der Waals surface area (Å²) < 4.78 is 0. The Kier molecular flexibility index (Phi) is 4.31. The van der Waals surface area contributed by atoms with Crippen LogP contribution in [0.25, 0.3) is 11.1 Å². The summed E-state index contributed by atoms with van der Waals surface area (Å²) in [6.45, 7) is 2.02. The first kappa shape index (κ1) is 14.0. The molecule has 0 aliphatic rings. The van der Waals surface area contributed by atoms with E-state index in [0.717, 1.165) is 11.1 Å². The smallest absolute Gasteiger partial charge is 0.303 e. The van der Waals surface area contributed by atoms with Gasteiger partial charge in [0.25, 0.3) is 0 Å². The summed E-state index contributed by atoms with van der Waals surface area (Å²) in [5.74, 6) is -1.09. The van der Waals surface area contributed by atoms with Crippen LogP contribution in [0.2, 0.25) is 0 Å². The van der Waals surface area contributed by atoms with Crippen molar-refractivity contribution in [1.82, 2.24) is 0 Å². The van der Waals surface area contributed by atoms with Crippen LogP contribution in [0, 0.1) is 6.92 Å². The number of hydrogen-bond acceptors (Lipinski definition) is 2. The van der Waals surface area contributed by atoms with Crippen LogP contribution in [0.4, 0.5) is 0 Å². The summed E-state index contributed by atoms with van der Waals surface area (Å²) in [5.41, 5.74) is 3.75. The van der Waals surface area contributed by atoms with Gasteiger partial charge < -0.3 is 5.11 Å². The van der Waals surface area contributed by atoms with Crippen LogP contribution in [0.1, 0.15) is 28.8 Å². The molecule has 2 aromatic rings. The zero-order valence-corrected chi connectivity index (χ0v) is 11.3. The van der Waals surface area contributed by atoms with Gasteiger partial charge in [-0.15, -0.1) is 0 Å². The van der Waals surface area contributed by atoms with Crippen molar-refractivity contribution in [2.45, 2.75) is 19.8 Å². The largest absolute Gasteiger partial charge is 0.481 e. The predicted octanol–water partition coefficient (Wildman–Crippen LogP) is 3.71. The fourth-order valence-corrected chi connectivity index (χ4v) is 1.98. The summed E-state index contributed by atoms with van der Waals surface area (Å²) in [6, 6.07) is 15.4. The summed E-state index contributed by atoms with van der Waals surface area (Å²) in [7, 11) is 0. The molecule has 102 valence electrons. The lowest BCUT2D eigenvalue weighted by Crippen LogP contribution is -2.03. The Morgan fingerprint density at radius 1 is 0.950 bits per heavy atom. The van der Waals surface area contributed by atoms with Gasteiger partial charge in [-0.1, -0.05) is 48.0 Å². The van der Waals surface area contributed by atoms with Crippen LogP contribution in [-0.4, -0.2) is 16.9 Å². The lowest BCUT2D eigenvalue weighted by molar-refractivity contribution is -0.136. The Morgan fingerprint density at radius 3 is 2.30 bits per heavy atom. The molecule has 0 atom stereocenters. The third-order valence-electron chi connectivity index (χ3n) is 3.14. The molecule has 1 N–H and O–H groups in total. The second kappa shape index (κ2) is 6.15. The number of benzene rings is 2. The van der Waals surface area contributed by atoms with Gasteiger partial charge in [0, 0.05) is 12.0 Å². The summed E-state index contributed by atoms with van der Waals surface area (Å²) in [4.78, 5) is 22.4. The van der Waals surface area contributed by atoms with E-state index < -0.39 is 5.97 Å². The lowest BCUT2D eigenvalue weighted by atomic mass is 9.99. The van der Waals surface area contributed by atoms with E-state index in [1.54, 1.807) is 6.07 Å². The Morgan fingerprint density at radius 2 is 1.65 bits per heavy atom. The number of carboxylic acids is 1. The predicted molar refractivity (Wildman–Crippen MR) is 77.8 cm³/mol. The van der Waals surface area contributed by atoms with Gasteiger partial charge in [-0.05, 0) is 24.1 Å². The molecule has 0 saturated carbocycles. The van der Waals surface area contributed by atoms with Gasteiger partial charge in [-0.2, -0.15) is 0 Å². The number of aryl methyl sites for hydroxylation is 1. The second-order valence-electron chi connectivity index (χ2n) is 4.76. The standard InChI is InChI=1S/C17H16O3/c1-12-5-7-13(8-6-12)14-3-2-4-15(11-14)16(18)9-10-17(19)20/h2-8,11H,9-10H2,1H3,(H,19,20). The van der Waals surface area contributed by atoms with Gasteiger partial charge >= 0.3 is 5.97 Å². The zero-order valence-electron chi connectivity index (χ0n) is 11.3. The maximum absolute atomic E-state index is 11.9. The average Bonchev–Trinajstić information content (AvgIpc) is 2.45. The minimum Gasteiger partial charge on any atom is -0.481 e. The summed E-state index contributed by atoms with van der Waals surface area (Å²) in [6.07, 6.45) is -0.0969. The van der Waals surface area contributed by atoms with E-state index in [4.69, 9.17) is 5.11 Å². The topological polar surface area (TPSA) is 54.4 Å². The summed E-state index contributed by atoms with van der Waals surface area (Å²) in [5, 5.41) is 8.62. The molecule has 0 amide bonds. The van der Waals surface area contributed by atoms with E-state index >= 15 is 0 Å². The number of Topliss-reactive ketones (excluding diaryl/α,β-unsaturated/α-hetero) is 1. The first-order valence-electron chi connectivity index (χ1n) is 6.48. The molecule has 0 aliphatic heterocycles. The average molecular weight is 268 g/mol. The van der Waals surface area contributed by atoms with E-state index in [2.05, 4.69) is 0 Å². The first-order valence-corrected chi connectivity index (χ1v) is 6.48. The minimum atomic E-state index is -0.951. The highest BCUT2D eigenvalue weighted by Gasteiger charge is 2.09. The Bertz CT molecular complexity index is 627. The SMILES string of the molecule is Cc1ccc(-c2cccc(C(=O)CCC(=O)O)c2)cc1. The van der Waals surface area contributed by atoms with E-state index in [1.165, 1.54) is 5.56 Å². The minimum absolute atomic E-state index is 0.0344. The lowest BCUT2D eigenvalue weighted by Gasteiger charge is -2.05. The van der Waals surface area contributed by atoms with Crippen molar-refractivity contribution in [2.24, 2.45) is 0 Å². The number of rotatable bonds is 5. The maximum atomic E-state index is 11.9. The number of carbonyl (C=O) groups excluding carboxylic acids is 1. The van der Waals surface area contributed by atoms with Crippen molar-refractivity contribution in [3.05, 3.63) is 59.7 Å². The molecule has 3 nitrogen and oxygen atoms in total. The van der Waals surface area contributed by atoms with Gasteiger partial charge in [0.1, 0.15) is 0 Å². The first-order chi connectivity index (χ1) is 9.56. The molecule has 0 saturated heterocycles. The monoisotopic (exact) mass is 268 g/mol. The molecular weight excluding hydrogens is 252 g/mol. The van der Waals surface area contributed by atoms with Crippen molar-refractivity contribution in [2.75, 3.05) is 0 Å². The Balaban J connectivity index is 2.21. The fourth-order valence-electron chi connectivity index (χ4n) is 1.98. The molecule has 3 heteroatoms. The summed E-state index contributed by atoms with van der Waals surface area (Å²) >= 11 is 0. The van der Waals surface area contributed by atoms with Gasteiger partial charge in [0.15, 0.2) is 5.78 Å². The molecule has 20 heavy (non-hydrogen) atoms. The number of carboxylic acid groups (broad SMARTS) is 1. The zero-order chi connectivity index (χ0) is 14.5. The molecule has 0 fully saturated rings. The Hall–Kier alpha value is -2.42. The molecule has 0 radical (unpaired) electrons. The maximum Gasteiger partial charge on any atom is 0.303 e. The van der Waals surface area contributed by atoms with E-state index in [1.807, 2.05) is 49.4 Å². The van der Waals surface area contributed by atoms with Crippen LogP contribution in [0.3, 0.4) is 0 Å². The third kappa shape index (κ3) is 3.54. The van der Waals surface area contributed by atoms with Gasteiger partial charge in [-0.3, -0.25) is 9.59 Å². The molecule has 0 aliphatic carbocycles. The molecule has 2 rings (SSSR count). The van der Waals surface area contributed by atoms with Crippen molar-refractivity contribution in [3.63, 3.8) is 0 Å². The highest BCUT2D eigenvalue weighted by atomic mass is 16.4. The number of aliphatic carboxylic acids is 1. The molecule has 0 heterocycles. The highest BCUT2D eigenvalue weighted by molar-refractivity contribution is 5.98. The van der Waals surface area contributed by atoms with Crippen LogP contribution >= 0.6 is 0 Å². The number of ketones is 1. The molecule has 2 aromatic carbocycles. The van der Waals surface area contributed by atoms with Crippen LogP contribution in [0.15, 0.2) is 48.5 Å². The Labute approximate surface area is 117 Å². The van der Waals surface area contributed by atoms with Crippen LogP contribution in [-0.2, 0) is 4.79 Å². The van der Waals surface area contributed by atoms with Crippen LogP contribution in [0.5, 0.6) is 0 Å². The number of carbonyl (C=O) groups is 2. The molecule has 0 aromatic heterocycles. The van der Waals surface area contributed by atoms with Crippen molar-refractivity contribution in [3.8, 4) is 11.1 Å². The fraction of sp³-hybridized carbons (Fsp3) is 0.176. The van der Waals surface area contributed by atoms with E-state index in [0.29, 0.717) is 5.56 Å². The van der Waals surface area contributed by atoms with Gasteiger partial charge in [0.2, 0.25) is 0 Å². The molecule has 0 unspecified atom stereocenters. The quantitative estimate of drug-likeness (QED) is 0.841. The second-order valence-corrected chi connectivity index (χ2v) is 4.76. The number of hydrogen-bond donors (Lipinski definition) is 1. The van der Waals surface area contributed by atoms with E-state index in [-0.39, 0.29) is 18.6 Å². The van der Waals surface area contributed by atoms with E-state index in [9.17, 15) is 9.59 Å². The van der Waals surface area contributed by atoms with Gasteiger partial charge in [-0.25, -0.2) is 0 Å². The van der Waals surface area contributed by atoms with Crippen molar-refractivity contribution < 1.29 is 14.7 Å². The highest BCUT2D eigenvalue weighted by Crippen LogP contribution is 2.21. The molecular formula is C17H16O3. The molecule has 0 spiro atoms. The molecule has 0 bridgehead atoms. The van der Waals surface area contributed by atoms with Gasteiger partial charge in [0.05, 0.1) is 6.42 Å².